The highest BCUT2D eigenvalue weighted by Gasteiger charge is 2.45. The topological polar surface area (TPSA) is 229 Å². The molecule has 3 aromatic carbocycles. The number of thiophene rings is 1. The van der Waals surface area contributed by atoms with E-state index in [1.165, 1.54) is 12.0 Å². The van der Waals surface area contributed by atoms with Crippen LogP contribution in [0.4, 0.5) is 5.69 Å². The Morgan fingerprint density at radius 1 is 0.882 bits per heavy atom. The van der Waals surface area contributed by atoms with Gasteiger partial charge in [0.1, 0.15) is 47.9 Å². The Balaban J connectivity index is 0.773. The molecule has 20 heteroatoms. The summed E-state index contributed by atoms with van der Waals surface area (Å²) in [6, 6.07) is 19.9. The number of carbonyl (C=O) groups is 5. The average molecular weight is 1070 g/mol. The van der Waals surface area contributed by atoms with E-state index in [4.69, 9.17) is 19.2 Å². The number of fused-ring (bicyclic) bond motifs is 3. The number of aliphatic hydroxyl groups excluding tert-OH is 1. The van der Waals surface area contributed by atoms with E-state index in [2.05, 4.69) is 45.0 Å². The number of ether oxygens (including phenoxy) is 3. The van der Waals surface area contributed by atoms with Crippen molar-refractivity contribution in [2.45, 2.75) is 111 Å². The molecule has 400 valence electrons. The number of nitrogens with zero attached hydrogens (tertiary/aromatic N) is 6. The third-order valence-corrected chi connectivity index (χ3v) is 15.8. The third kappa shape index (κ3) is 12.7. The van der Waals surface area contributed by atoms with Crippen molar-refractivity contribution in [1.29, 1.82) is 0 Å². The molecule has 4 N–H and O–H groups in total. The second kappa shape index (κ2) is 23.8. The van der Waals surface area contributed by atoms with Crippen LogP contribution in [0.5, 0.6) is 5.75 Å². The Bertz CT molecular complexity index is 3100. The first kappa shape index (κ1) is 55.1. The van der Waals surface area contributed by atoms with Gasteiger partial charge in [0.25, 0.3) is 0 Å². The van der Waals surface area contributed by atoms with Gasteiger partial charge in [0.05, 0.1) is 54.1 Å². The molecule has 5 heterocycles. The van der Waals surface area contributed by atoms with Gasteiger partial charge in [-0.2, -0.15) is 0 Å². The van der Waals surface area contributed by atoms with Crippen molar-refractivity contribution in [2.24, 2.45) is 10.4 Å². The van der Waals surface area contributed by atoms with E-state index in [-0.39, 0.29) is 63.5 Å². The Morgan fingerprint density at radius 2 is 1.59 bits per heavy atom. The highest BCUT2D eigenvalue weighted by Crippen LogP contribution is 2.40. The van der Waals surface area contributed by atoms with Crippen LogP contribution >= 0.6 is 22.7 Å². The largest absolute Gasteiger partial charge is 0.491 e. The zero-order valence-corrected chi connectivity index (χ0v) is 45.9. The number of likely N-dealkylation sites (tertiary alicyclic amines) is 1. The van der Waals surface area contributed by atoms with Crippen LogP contribution in [0, 0.1) is 33.1 Å². The molecule has 2 aliphatic heterocycles. The fourth-order valence-corrected chi connectivity index (χ4v) is 11.3. The van der Waals surface area contributed by atoms with Gasteiger partial charge in [0.15, 0.2) is 5.82 Å². The van der Waals surface area contributed by atoms with Gasteiger partial charge in [-0.3, -0.25) is 33.5 Å². The minimum absolute atomic E-state index is 0.00454. The number of hydrogen-bond acceptors (Lipinski definition) is 15. The van der Waals surface area contributed by atoms with E-state index in [1.54, 1.807) is 22.7 Å². The molecule has 76 heavy (non-hydrogen) atoms. The zero-order chi connectivity index (χ0) is 54.4. The van der Waals surface area contributed by atoms with E-state index in [1.807, 2.05) is 124 Å². The summed E-state index contributed by atoms with van der Waals surface area (Å²) in [6.07, 6.45) is -0.0745. The number of carbonyl (C=O) groups excluding carboxylic acids is 5. The van der Waals surface area contributed by atoms with Crippen molar-refractivity contribution in [3.05, 3.63) is 128 Å². The molecule has 8 rings (SSSR count). The number of nitrogens with one attached hydrogen (secondary N) is 3. The monoisotopic (exact) mass is 1070 g/mol. The summed E-state index contributed by atoms with van der Waals surface area (Å²) < 4.78 is 18.5. The number of methoxy groups -OCH3 is 1. The summed E-state index contributed by atoms with van der Waals surface area (Å²) >= 11 is 3.19. The van der Waals surface area contributed by atoms with Crippen LogP contribution < -0.4 is 20.7 Å². The summed E-state index contributed by atoms with van der Waals surface area (Å²) in [5.74, 6) is -0.0437. The van der Waals surface area contributed by atoms with Crippen LogP contribution in [0.2, 0.25) is 0 Å². The summed E-state index contributed by atoms with van der Waals surface area (Å²) in [5.41, 5.74) is 9.12. The first-order chi connectivity index (χ1) is 36.3. The lowest BCUT2D eigenvalue weighted by Crippen LogP contribution is -2.58. The highest BCUT2D eigenvalue weighted by molar-refractivity contribution is 7.15. The molecule has 0 aliphatic carbocycles. The standard InChI is InChI=1S/C56H65N9O9S2/c1-31-34(4)76-55-48(31)49(60-43(27-47(69)72-9)52-63-62-35(5)65(52)55)38-17-19-40(20-18-38)59-45(67)23-12-36-10-21-42(22-11-36)74-25-24-73-29-46(68)61-51(56(6,7)8)54(71)64-28-41(66)26-44(64)53(70)58-32(2)37-13-15-39(16-14-37)50-33(3)57-30-75-50/h10-11,13-22,30,32,41,43-44,51,66H,12,23-29H2,1-9H3,(H,58,70)(H,59,67)(H,61,68)/t32-,41+,43-,44-,51?/m0/s1. The second-order valence-corrected chi connectivity index (χ2v) is 22.3. The van der Waals surface area contributed by atoms with Crippen molar-refractivity contribution in [1.82, 2.24) is 35.3 Å². The lowest BCUT2D eigenvalue weighted by molar-refractivity contribution is -0.144. The maximum absolute atomic E-state index is 14.1. The summed E-state index contributed by atoms with van der Waals surface area (Å²) in [5, 5.41) is 29.2. The normalized spacial score (nSPS) is 16.9. The van der Waals surface area contributed by atoms with Gasteiger partial charge in [0, 0.05) is 41.1 Å². The molecule has 1 fully saturated rings. The predicted molar refractivity (Wildman–Crippen MR) is 291 cm³/mol. The van der Waals surface area contributed by atoms with Gasteiger partial charge < -0.3 is 40.2 Å². The summed E-state index contributed by atoms with van der Waals surface area (Å²) in [6.45, 7) is 15.2. The van der Waals surface area contributed by atoms with E-state index in [9.17, 15) is 29.1 Å². The van der Waals surface area contributed by atoms with Gasteiger partial charge >= 0.3 is 5.97 Å². The lowest BCUT2D eigenvalue weighted by atomic mass is 9.85. The minimum Gasteiger partial charge on any atom is -0.491 e. The number of aliphatic imine (C=N–C) groups is 1. The number of β-amino-alcohol motifs (C(OH)–C–C–N with tert-alkyl or cyclic N) is 1. The second-order valence-electron chi connectivity index (χ2n) is 20.2. The number of hydrogen-bond donors (Lipinski definition) is 4. The van der Waals surface area contributed by atoms with Crippen LogP contribution in [0.25, 0.3) is 15.4 Å². The van der Waals surface area contributed by atoms with E-state index < -0.39 is 47.4 Å². The molecule has 0 bridgehead atoms. The quantitative estimate of drug-likeness (QED) is 0.0457. The zero-order valence-electron chi connectivity index (χ0n) is 44.3. The molecule has 5 atom stereocenters. The number of aryl methyl sites for hydroxylation is 4. The third-order valence-electron chi connectivity index (χ3n) is 13.6. The van der Waals surface area contributed by atoms with Crippen LogP contribution in [0.1, 0.15) is 109 Å². The molecule has 1 saturated heterocycles. The Morgan fingerprint density at radius 3 is 2.26 bits per heavy atom. The summed E-state index contributed by atoms with van der Waals surface area (Å²) in [7, 11) is 1.35. The Kier molecular flexibility index (Phi) is 17.3. The predicted octanol–water partition coefficient (Wildman–Crippen LogP) is 7.48. The van der Waals surface area contributed by atoms with Crippen LogP contribution in [-0.2, 0) is 39.9 Å². The highest BCUT2D eigenvalue weighted by atomic mass is 32.1. The van der Waals surface area contributed by atoms with Crippen molar-refractivity contribution < 1.29 is 43.3 Å². The molecule has 4 amide bonds. The average Bonchev–Trinajstić information content (AvgIpc) is 4.19. The van der Waals surface area contributed by atoms with Gasteiger partial charge in [-0.05, 0) is 93.0 Å². The maximum atomic E-state index is 14.1. The molecule has 3 aromatic heterocycles. The van der Waals surface area contributed by atoms with E-state index in [0.29, 0.717) is 29.5 Å². The maximum Gasteiger partial charge on any atom is 0.308 e. The van der Waals surface area contributed by atoms with Crippen molar-refractivity contribution in [3.63, 3.8) is 0 Å². The molecular weight excluding hydrogens is 1010 g/mol. The molecule has 2 aliphatic rings. The lowest BCUT2D eigenvalue weighted by Gasteiger charge is -2.35. The molecule has 0 spiro atoms. The number of aromatic nitrogens is 4. The van der Waals surface area contributed by atoms with Crippen LogP contribution in [0.3, 0.4) is 0 Å². The fourth-order valence-electron chi connectivity index (χ4n) is 9.31. The number of rotatable bonds is 19. The van der Waals surface area contributed by atoms with Crippen molar-refractivity contribution in [2.75, 3.05) is 38.8 Å². The molecule has 0 radical (unpaired) electrons. The Labute approximate surface area is 450 Å². The minimum atomic E-state index is -1.000. The SMILES string of the molecule is COC(=O)C[C@@H]1N=C(c2ccc(NC(=O)CCc3ccc(OCCOCC(=O)NC(C(=O)N4C[C@H](O)C[C@H]4C(=O)N[C@@H](C)c4ccc(-c5scnc5C)cc4)C(C)(C)C)cc3)cc2)c2c(sc(C)c2C)-n2c(C)nnc21. The van der Waals surface area contributed by atoms with E-state index in [0.717, 1.165) is 59.5 Å². The number of benzene rings is 3. The number of aliphatic hydroxyl groups is 1. The van der Waals surface area contributed by atoms with Gasteiger partial charge in [-0.15, -0.1) is 32.9 Å². The Hall–Kier alpha value is -7.13. The number of anilines is 1. The molecule has 0 saturated carbocycles. The first-order valence-corrected chi connectivity index (χ1v) is 26.9. The van der Waals surface area contributed by atoms with Crippen LogP contribution in [0.15, 0.2) is 83.3 Å². The fraction of sp³-hybridized carbons (Fsp3) is 0.411. The number of amides is 4. The van der Waals surface area contributed by atoms with Crippen molar-refractivity contribution >= 4 is 63.7 Å². The molecule has 18 nitrogen and oxygen atoms in total. The van der Waals surface area contributed by atoms with E-state index >= 15 is 0 Å². The smallest absolute Gasteiger partial charge is 0.308 e. The molecule has 1 unspecified atom stereocenters. The van der Waals surface area contributed by atoms with Gasteiger partial charge in [-0.1, -0.05) is 69.3 Å². The van der Waals surface area contributed by atoms with Gasteiger partial charge in [-0.25, -0.2) is 4.98 Å². The summed E-state index contributed by atoms with van der Waals surface area (Å²) in [4.78, 5) is 79.6. The number of esters is 1. The number of thiazole rings is 1. The molecule has 6 aromatic rings. The van der Waals surface area contributed by atoms with Crippen molar-refractivity contribution in [3.8, 4) is 21.2 Å². The van der Waals surface area contributed by atoms with Gasteiger partial charge in [0.2, 0.25) is 23.6 Å². The molecular formula is C56H65N9O9S2. The first-order valence-electron chi connectivity index (χ1n) is 25.2. The van der Waals surface area contributed by atoms with Crippen LogP contribution in [-0.4, -0.2) is 117 Å².